The highest BCUT2D eigenvalue weighted by Gasteiger charge is 2.23. The largest absolute Gasteiger partial charge is 0.357 e. The SMILES string of the molecule is CCN(CC)c1ccc(CNC(=NC)NCC(c2ccccc2)N2CCCC2)cn1.I. The van der Waals surface area contributed by atoms with Crippen molar-refractivity contribution in [3.8, 4) is 0 Å². The molecule has 2 heterocycles. The highest BCUT2D eigenvalue weighted by Crippen LogP contribution is 2.24. The number of likely N-dealkylation sites (tertiary alicyclic amines) is 1. The van der Waals surface area contributed by atoms with Gasteiger partial charge >= 0.3 is 0 Å². The summed E-state index contributed by atoms with van der Waals surface area (Å²) in [4.78, 5) is 13.8. The topological polar surface area (TPSA) is 55.8 Å². The third-order valence-corrected chi connectivity index (χ3v) is 5.81. The highest BCUT2D eigenvalue weighted by atomic mass is 127. The van der Waals surface area contributed by atoms with Gasteiger partial charge in [-0.15, -0.1) is 24.0 Å². The van der Waals surface area contributed by atoms with Crippen LogP contribution in [0.2, 0.25) is 0 Å². The van der Waals surface area contributed by atoms with Gasteiger partial charge in [0.05, 0.1) is 6.04 Å². The van der Waals surface area contributed by atoms with Crippen LogP contribution in [0, 0.1) is 0 Å². The average Bonchev–Trinajstić information content (AvgIpc) is 3.33. The highest BCUT2D eigenvalue weighted by molar-refractivity contribution is 14.0. The summed E-state index contributed by atoms with van der Waals surface area (Å²) in [5.41, 5.74) is 2.51. The Balaban J connectivity index is 0.00000341. The van der Waals surface area contributed by atoms with Crippen molar-refractivity contribution >= 4 is 35.8 Å². The van der Waals surface area contributed by atoms with E-state index in [1.54, 1.807) is 0 Å². The minimum Gasteiger partial charge on any atom is -0.357 e. The Bertz CT molecular complexity index is 770. The van der Waals surface area contributed by atoms with E-state index in [9.17, 15) is 0 Å². The van der Waals surface area contributed by atoms with E-state index in [2.05, 4.69) is 86.7 Å². The number of hydrogen-bond donors (Lipinski definition) is 2. The lowest BCUT2D eigenvalue weighted by Crippen LogP contribution is -2.42. The number of halogens is 1. The molecule has 1 atom stereocenters. The molecule has 3 rings (SSSR count). The number of nitrogens with one attached hydrogen (secondary N) is 2. The normalized spacial score (nSPS) is 15.3. The molecule has 0 saturated carbocycles. The summed E-state index contributed by atoms with van der Waals surface area (Å²) in [6.45, 7) is 10.1. The summed E-state index contributed by atoms with van der Waals surface area (Å²) in [7, 11) is 1.82. The van der Waals surface area contributed by atoms with Crippen LogP contribution in [0.25, 0.3) is 0 Å². The molecule has 0 radical (unpaired) electrons. The fourth-order valence-corrected chi connectivity index (χ4v) is 4.04. The van der Waals surface area contributed by atoms with Crippen LogP contribution in [0.3, 0.4) is 0 Å². The van der Waals surface area contributed by atoms with Crippen molar-refractivity contribution < 1.29 is 0 Å². The van der Waals surface area contributed by atoms with Crippen LogP contribution in [0.4, 0.5) is 5.82 Å². The second kappa shape index (κ2) is 13.5. The van der Waals surface area contributed by atoms with Gasteiger partial charge < -0.3 is 15.5 Å². The molecule has 1 fully saturated rings. The lowest BCUT2D eigenvalue weighted by molar-refractivity contribution is 0.245. The second-order valence-electron chi connectivity index (χ2n) is 7.67. The van der Waals surface area contributed by atoms with E-state index in [0.717, 1.165) is 50.1 Å². The zero-order valence-electron chi connectivity index (χ0n) is 19.1. The van der Waals surface area contributed by atoms with E-state index in [-0.39, 0.29) is 24.0 Å². The Kier molecular flexibility index (Phi) is 11.1. The Labute approximate surface area is 204 Å². The number of rotatable bonds is 9. The Morgan fingerprint density at radius 1 is 1.06 bits per heavy atom. The van der Waals surface area contributed by atoms with Crippen LogP contribution >= 0.6 is 24.0 Å². The molecule has 2 aromatic rings. The third kappa shape index (κ3) is 7.35. The van der Waals surface area contributed by atoms with Crippen molar-refractivity contribution in [2.24, 2.45) is 4.99 Å². The second-order valence-corrected chi connectivity index (χ2v) is 7.67. The van der Waals surface area contributed by atoms with E-state index in [1.807, 2.05) is 13.2 Å². The van der Waals surface area contributed by atoms with Crippen molar-refractivity contribution in [2.45, 2.75) is 39.3 Å². The first-order valence-electron chi connectivity index (χ1n) is 11.2. The van der Waals surface area contributed by atoms with Crippen molar-refractivity contribution in [1.29, 1.82) is 0 Å². The van der Waals surface area contributed by atoms with Gasteiger partial charge in [-0.2, -0.15) is 0 Å². The van der Waals surface area contributed by atoms with Crippen LogP contribution in [-0.4, -0.2) is 55.6 Å². The van der Waals surface area contributed by atoms with Gasteiger partial charge in [-0.05, 0) is 57.0 Å². The van der Waals surface area contributed by atoms with Crippen LogP contribution in [0.15, 0.2) is 53.7 Å². The summed E-state index contributed by atoms with van der Waals surface area (Å²) in [6, 6.07) is 15.4. The Morgan fingerprint density at radius 3 is 2.35 bits per heavy atom. The maximum absolute atomic E-state index is 4.61. The number of benzene rings is 1. The Hall–Kier alpha value is -1.87. The van der Waals surface area contributed by atoms with Gasteiger partial charge in [0.1, 0.15) is 5.82 Å². The van der Waals surface area contributed by atoms with Crippen molar-refractivity contribution in [1.82, 2.24) is 20.5 Å². The zero-order chi connectivity index (χ0) is 21.2. The van der Waals surface area contributed by atoms with Gasteiger partial charge in [0.25, 0.3) is 0 Å². The van der Waals surface area contributed by atoms with Crippen LogP contribution in [-0.2, 0) is 6.54 Å². The minimum atomic E-state index is 0. The summed E-state index contributed by atoms with van der Waals surface area (Å²) in [6.07, 6.45) is 4.52. The number of guanidine groups is 1. The van der Waals surface area contributed by atoms with Gasteiger partial charge in [0.15, 0.2) is 5.96 Å². The van der Waals surface area contributed by atoms with Crippen molar-refractivity contribution in [3.05, 3.63) is 59.8 Å². The van der Waals surface area contributed by atoms with E-state index in [4.69, 9.17) is 0 Å². The molecule has 7 heteroatoms. The standard InChI is InChI=1S/C24H36N6.HI/c1-4-29(5-2)23-14-13-20(17-26-23)18-27-24(25-3)28-19-22(30-15-9-10-16-30)21-11-7-6-8-12-21;/h6-8,11-14,17,22H,4-5,9-10,15-16,18-19H2,1-3H3,(H2,25,27,28);1H. The fourth-order valence-electron chi connectivity index (χ4n) is 4.04. The lowest BCUT2D eigenvalue weighted by atomic mass is 10.1. The number of aliphatic imine (C=N–C) groups is 1. The molecule has 6 nitrogen and oxygen atoms in total. The fraction of sp³-hybridized carbons (Fsp3) is 0.500. The van der Waals surface area contributed by atoms with Crippen molar-refractivity contribution in [2.75, 3.05) is 44.7 Å². The number of aromatic nitrogens is 1. The van der Waals surface area contributed by atoms with Crippen molar-refractivity contribution in [3.63, 3.8) is 0 Å². The molecule has 170 valence electrons. The molecule has 31 heavy (non-hydrogen) atoms. The Morgan fingerprint density at radius 2 is 1.77 bits per heavy atom. The minimum absolute atomic E-state index is 0. The molecule has 1 aromatic heterocycles. The predicted octanol–water partition coefficient (Wildman–Crippen LogP) is 4.05. The molecule has 1 aromatic carbocycles. The zero-order valence-corrected chi connectivity index (χ0v) is 21.4. The number of hydrogen-bond acceptors (Lipinski definition) is 4. The van der Waals surface area contributed by atoms with E-state index >= 15 is 0 Å². The monoisotopic (exact) mass is 536 g/mol. The van der Waals surface area contributed by atoms with E-state index in [1.165, 1.54) is 18.4 Å². The van der Waals surface area contributed by atoms with Crippen LogP contribution in [0.1, 0.15) is 43.9 Å². The first kappa shape index (κ1) is 25.4. The van der Waals surface area contributed by atoms with Gasteiger partial charge in [-0.3, -0.25) is 9.89 Å². The lowest BCUT2D eigenvalue weighted by Gasteiger charge is -2.29. The molecular formula is C24H37IN6. The summed E-state index contributed by atoms with van der Waals surface area (Å²) in [5, 5.41) is 6.96. The summed E-state index contributed by atoms with van der Waals surface area (Å²) < 4.78 is 0. The van der Waals surface area contributed by atoms with Gasteiger partial charge in [-0.1, -0.05) is 36.4 Å². The first-order valence-corrected chi connectivity index (χ1v) is 11.2. The summed E-state index contributed by atoms with van der Waals surface area (Å²) in [5.74, 6) is 1.85. The maximum Gasteiger partial charge on any atom is 0.191 e. The van der Waals surface area contributed by atoms with Gasteiger partial charge in [0.2, 0.25) is 0 Å². The van der Waals surface area contributed by atoms with Crippen LogP contribution in [0.5, 0.6) is 0 Å². The molecule has 0 aliphatic carbocycles. The number of pyridine rings is 1. The number of anilines is 1. The number of nitrogens with zero attached hydrogens (tertiary/aromatic N) is 4. The molecule has 1 saturated heterocycles. The molecule has 2 N–H and O–H groups in total. The molecule has 0 bridgehead atoms. The van der Waals surface area contributed by atoms with Crippen LogP contribution < -0.4 is 15.5 Å². The summed E-state index contributed by atoms with van der Waals surface area (Å²) >= 11 is 0. The first-order chi connectivity index (χ1) is 14.7. The third-order valence-electron chi connectivity index (χ3n) is 5.81. The molecule has 0 amide bonds. The molecule has 0 spiro atoms. The maximum atomic E-state index is 4.61. The average molecular weight is 537 g/mol. The molecule has 1 aliphatic heterocycles. The van der Waals surface area contributed by atoms with E-state index < -0.39 is 0 Å². The van der Waals surface area contributed by atoms with E-state index in [0.29, 0.717) is 12.6 Å². The van der Waals surface area contributed by atoms with Gasteiger partial charge in [0, 0.05) is 39.4 Å². The molecule has 1 unspecified atom stereocenters. The smallest absolute Gasteiger partial charge is 0.191 e. The predicted molar refractivity (Wildman–Crippen MR) is 141 cm³/mol. The molecular weight excluding hydrogens is 499 g/mol. The van der Waals surface area contributed by atoms with Gasteiger partial charge in [-0.25, -0.2) is 4.98 Å². The molecule has 1 aliphatic rings. The quantitative estimate of drug-likeness (QED) is 0.288.